The monoisotopic (exact) mass is 392 g/mol. The lowest BCUT2D eigenvalue weighted by Gasteiger charge is -2.22. The van der Waals surface area contributed by atoms with Gasteiger partial charge in [-0.25, -0.2) is 0 Å². The summed E-state index contributed by atoms with van der Waals surface area (Å²) in [7, 11) is 0. The molecule has 11 heteroatoms. The molecule has 1 aromatic carbocycles. The summed E-state index contributed by atoms with van der Waals surface area (Å²) in [5.41, 5.74) is 1.21. The van der Waals surface area contributed by atoms with Crippen LogP contribution in [0.4, 0.5) is 0 Å². The maximum absolute atomic E-state index is 12.7. The highest BCUT2D eigenvalue weighted by atomic mass is 17.0. The molecular weight excluding hydrogens is 376 g/mol. The van der Waals surface area contributed by atoms with Crippen LogP contribution in [-0.2, 0) is 14.4 Å². The minimum atomic E-state index is -1.32. The SMILES string of the molecule is CC1=C(CCC2OC[C@H](O[N+](=O)[O-])[C@@H]2O[N+](=O)[O-])C(=O)c2ccccc2C1=O. The van der Waals surface area contributed by atoms with E-state index in [9.17, 15) is 29.8 Å². The van der Waals surface area contributed by atoms with Gasteiger partial charge in [-0.15, -0.1) is 20.2 Å². The van der Waals surface area contributed by atoms with Gasteiger partial charge in [0.2, 0.25) is 0 Å². The Morgan fingerprint density at radius 3 is 2.29 bits per heavy atom. The summed E-state index contributed by atoms with van der Waals surface area (Å²) in [6, 6.07) is 6.47. The summed E-state index contributed by atoms with van der Waals surface area (Å²) in [5.74, 6) is -0.555. The summed E-state index contributed by atoms with van der Waals surface area (Å²) >= 11 is 0. The number of hydrogen-bond acceptors (Lipinski definition) is 9. The van der Waals surface area contributed by atoms with E-state index >= 15 is 0 Å². The zero-order valence-corrected chi connectivity index (χ0v) is 14.7. The highest BCUT2D eigenvalue weighted by Crippen LogP contribution is 2.31. The van der Waals surface area contributed by atoms with Gasteiger partial charge < -0.3 is 14.4 Å². The molecule has 28 heavy (non-hydrogen) atoms. The molecule has 1 saturated heterocycles. The number of carbonyl (C=O) groups excluding carboxylic acids is 2. The first-order valence-electron chi connectivity index (χ1n) is 8.41. The molecule has 1 fully saturated rings. The van der Waals surface area contributed by atoms with E-state index in [1.54, 1.807) is 31.2 Å². The second-order valence-electron chi connectivity index (χ2n) is 6.38. The van der Waals surface area contributed by atoms with Gasteiger partial charge in [-0.05, 0) is 19.8 Å². The van der Waals surface area contributed by atoms with Crippen molar-refractivity contribution in [1.82, 2.24) is 0 Å². The zero-order chi connectivity index (χ0) is 20.4. The Hall–Kier alpha value is -3.34. The Labute approximate surface area is 158 Å². The maximum atomic E-state index is 12.7. The van der Waals surface area contributed by atoms with Crippen LogP contribution in [-0.4, -0.2) is 46.7 Å². The number of fused-ring (bicyclic) bond motifs is 1. The van der Waals surface area contributed by atoms with Crippen LogP contribution in [0.3, 0.4) is 0 Å². The van der Waals surface area contributed by atoms with Crippen molar-refractivity contribution in [2.24, 2.45) is 0 Å². The first kappa shape index (κ1) is 19.4. The second-order valence-corrected chi connectivity index (χ2v) is 6.38. The number of hydrogen-bond donors (Lipinski definition) is 0. The Bertz CT molecular complexity index is 879. The molecule has 1 unspecified atom stereocenters. The normalized spacial score (nSPS) is 24.1. The van der Waals surface area contributed by atoms with E-state index in [1.165, 1.54) is 0 Å². The first-order valence-corrected chi connectivity index (χ1v) is 8.41. The summed E-state index contributed by atoms with van der Waals surface area (Å²) in [4.78, 5) is 55.4. The predicted molar refractivity (Wildman–Crippen MR) is 90.5 cm³/mol. The molecule has 11 nitrogen and oxygen atoms in total. The van der Waals surface area contributed by atoms with Crippen molar-refractivity contribution in [2.75, 3.05) is 6.61 Å². The molecule has 1 heterocycles. The average molecular weight is 392 g/mol. The standard InChI is InChI=1S/C17H16N2O9/c1-9-10(16(21)12-5-3-2-4-11(12)15(9)20)6-7-13-17(28-19(24)25)14(8-26-13)27-18(22)23/h2-5,13-14,17H,6-8H2,1H3/t13?,14-,17+/m0/s1. The van der Waals surface area contributed by atoms with Crippen molar-refractivity contribution in [3.05, 3.63) is 66.8 Å². The molecule has 1 aliphatic carbocycles. The quantitative estimate of drug-likeness (QED) is 0.499. The fourth-order valence-corrected chi connectivity index (χ4v) is 3.47. The first-order chi connectivity index (χ1) is 13.3. The molecule has 3 atom stereocenters. The summed E-state index contributed by atoms with van der Waals surface area (Å²) < 4.78 is 5.36. The fraction of sp³-hybridized carbons (Fsp3) is 0.412. The largest absolute Gasteiger partial charge is 0.373 e. The van der Waals surface area contributed by atoms with Gasteiger partial charge in [0, 0.05) is 22.3 Å². The van der Waals surface area contributed by atoms with Crippen LogP contribution in [0.15, 0.2) is 35.4 Å². The summed E-state index contributed by atoms with van der Waals surface area (Å²) in [5, 5.41) is 19.1. The van der Waals surface area contributed by atoms with Crippen LogP contribution >= 0.6 is 0 Å². The van der Waals surface area contributed by atoms with Crippen LogP contribution in [0, 0.1) is 20.2 Å². The molecule has 0 bridgehead atoms. The van der Waals surface area contributed by atoms with Crippen molar-refractivity contribution in [2.45, 2.75) is 38.1 Å². The Balaban J connectivity index is 1.76. The maximum Gasteiger partial charge on any atom is 0.294 e. The Morgan fingerprint density at radius 2 is 1.68 bits per heavy atom. The van der Waals surface area contributed by atoms with E-state index < -0.39 is 28.5 Å². The van der Waals surface area contributed by atoms with E-state index in [1.807, 2.05) is 0 Å². The van der Waals surface area contributed by atoms with Gasteiger partial charge >= 0.3 is 0 Å². The molecule has 0 radical (unpaired) electrons. The number of ether oxygens (including phenoxy) is 1. The third-order valence-electron chi connectivity index (χ3n) is 4.80. The predicted octanol–water partition coefficient (Wildman–Crippen LogP) is 1.71. The number of Topliss-reactive ketones (excluding diaryl/α,β-unsaturated/α-hetero) is 2. The highest BCUT2D eigenvalue weighted by Gasteiger charge is 2.43. The molecule has 2 aliphatic rings. The number of rotatable bonds is 7. The lowest BCUT2D eigenvalue weighted by molar-refractivity contribution is -0.797. The second kappa shape index (κ2) is 7.72. The third-order valence-corrected chi connectivity index (χ3v) is 4.80. The van der Waals surface area contributed by atoms with Crippen molar-refractivity contribution in [1.29, 1.82) is 0 Å². The average Bonchev–Trinajstić information content (AvgIpc) is 3.00. The number of allylic oxidation sites excluding steroid dienone is 2. The minimum Gasteiger partial charge on any atom is -0.373 e. The van der Waals surface area contributed by atoms with Crippen LogP contribution in [0.25, 0.3) is 0 Å². The van der Waals surface area contributed by atoms with Crippen molar-refractivity contribution in [3.8, 4) is 0 Å². The minimum absolute atomic E-state index is 0.0872. The number of benzene rings is 1. The van der Waals surface area contributed by atoms with Crippen LogP contribution in [0.1, 0.15) is 40.5 Å². The smallest absolute Gasteiger partial charge is 0.294 e. The van der Waals surface area contributed by atoms with E-state index in [0.29, 0.717) is 16.7 Å². The topological polar surface area (TPSA) is 148 Å². The van der Waals surface area contributed by atoms with Gasteiger partial charge in [-0.2, -0.15) is 0 Å². The van der Waals surface area contributed by atoms with Gasteiger partial charge in [-0.1, -0.05) is 24.3 Å². The molecular formula is C17H16N2O9. The number of carbonyl (C=O) groups is 2. The number of ketones is 2. The zero-order valence-electron chi connectivity index (χ0n) is 14.7. The van der Waals surface area contributed by atoms with Crippen LogP contribution in [0.5, 0.6) is 0 Å². The molecule has 1 aliphatic heterocycles. The lowest BCUT2D eigenvalue weighted by atomic mass is 9.82. The molecule has 0 saturated carbocycles. The Morgan fingerprint density at radius 1 is 1.07 bits per heavy atom. The van der Waals surface area contributed by atoms with Gasteiger partial charge in [0.25, 0.3) is 10.2 Å². The highest BCUT2D eigenvalue weighted by molar-refractivity contribution is 6.26. The summed E-state index contributed by atoms with van der Waals surface area (Å²) in [6.07, 6.45) is -3.30. The van der Waals surface area contributed by atoms with Gasteiger partial charge in [0.1, 0.15) is 0 Å². The third kappa shape index (κ3) is 3.69. The molecule has 0 N–H and O–H groups in total. The van der Waals surface area contributed by atoms with E-state index in [-0.39, 0.29) is 36.6 Å². The van der Waals surface area contributed by atoms with Crippen LogP contribution in [0.2, 0.25) is 0 Å². The molecule has 148 valence electrons. The molecule has 0 aromatic heterocycles. The fourth-order valence-electron chi connectivity index (χ4n) is 3.47. The molecule has 0 spiro atoms. The van der Waals surface area contributed by atoms with Crippen LogP contribution < -0.4 is 0 Å². The van der Waals surface area contributed by atoms with E-state index in [0.717, 1.165) is 0 Å². The van der Waals surface area contributed by atoms with Gasteiger partial charge in [0.15, 0.2) is 23.8 Å². The van der Waals surface area contributed by atoms with E-state index in [2.05, 4.69) is 9.68 Å². The Kier molecular flexibility index (Phi) is 5.36. The molecule has 3 rings (SSSR count). The van der Waals surface area contributed by atoms with E-state index in [4.69, 9.17) is 4.74 Å². The molecule has 1 aromatic rings. The van der Waals surface area contributed by atoms with Crippen molar-refractivity contribution in [3.63, 3.8) is 0 Å². The van der Waals surface area contributed by atoms with Crippen molar-refractivity contribution < 1.29 is 34.2 Å². The lowest BCUT2D eigenvalue weighted by Crippen LogP contribution is -2.38. The molecule has 0 amide bonds. The van der Waals surface area contributed by atoms with Gasteiger partial charge in [0.05, 0.1) is 12.7 Å². The number of nitrogens with zero attached hydrogens (tertiary/aromatic N) is 2. The van der Waals surface area contributed by atoms with Crippen molar-refractivity contribution >= 4 is 11.6 Å². The summed E-state index contributed by atoms with van der Waals surface area (Å²) in [6.45, 7) is 1.28. The van der Waals surface area contributed by atoms with Gasteiger partial charge in [-0.3, -0.25) is 9.59 Å².